The molecule has 4 nitrogen and oxygen atoms in total. The molecule has 2 aromatic heterocycles. The van der Waals surface area contributed by atoms with Gasteiger partial charge in [0.25, 0.3) is 0 Å². The third kappa shape index (κ3) is 3.16. The maximum atomic E-state index is 6.22. The normalized spacial score (nSPS) is 12.9. The molecule has 0 fully saturated rings. The van der Waals surface area contributed by atoms with Crippen molar-refractivity contribution in [1.82, 2.24) is 20.1 Å². The van der Waals surface area contributed by atoms with E-state index in [0.29, 0.717) is 11.7 Å². The molecule has 0 aliphatic rings. The minimum absolute atomic E-state index is 0.223. The molecule has 2 aromatic rings. The zero-order chi connectivity index (χ0) is 14.0. The van der Waals surface area contributed by atoms with Crippen LogP contribution in [0.15, 0.2) is 6.20 Å². The minimum Gasteiger partial charge on any atom is -0.304 e. The fourth-order valence-electron chi connectivity index (χ4n) is 1.90. The highest BCUT2D eigenvalue weighted by Crippen LogP contribution is 2.22. The molecule has 19 heavy (non-hydrogen) atoms. The van der Waals surface area contributed by atoms with Crippen LogP contribution in [0.5, 0.6) is 0 Å². The van der Waals surface area contributed by atoms with E-state index in [1.165, 1.54) is 4.88 Å². The largest absolute Gasteiger partial charge is 0.304 e. The van der Waals surface area contributed by atoms with Crippen LogP contribution in [-0.2, 0) is 20.0 Å². The lowest BCUT2D eigenvalue weighted by atomic mass is 10.2. The van der Waals surface area contributed by atoms with Crippen LogP contribution in [0.2, 0.25) is 5.15 Å². The second-order valence-electron chi connectivity index (χ2n) is 4.60. The molecule has 1 atom stereocenters. The van der Waals surface area contributed by atoms with Gasteiger partial charge in [0.2, 0.25) is 0 Å². The van der Waals surface area contributed by atoms with Crippen LogP contribution in [0.4, 0.5) is 0 Å². The number of hydrogen-bond donors (Lipinski definition) is 1. The van der Waals surface area contributed by atoms with E-state index >= 15 is 0 Å². The van der Waals surface area contributed by atoms with Crippen molar-refractivity contribution in [2.75, 3.05) is 0 Å². The van der Waals surface area contributed by atoms with Gasteiger partial charge < -0.3 is 5.32 Å². The van der Waals surface area contributed by atoms with Crippen molar-refractivity contribution in [3.8, 4) is 0 Å². The van der Waals surface area contributed by atoms with E-state index < -0.39 is 0 Å². The number of rotatable bonds is 5. The summed E-state index contributed by atoms with van der Waals surface area (Å²) < 4.78 is 1.71. The zero-order valence-electron chi connectivity index (χ0n) is 11.7. The third-order valence-electron chi connectivity index (χ3n) is 3.15. The molecule has 2 heterocycles. The fourth-order valence-corrected chi connectivity index (χ4v) is 3.03. The lowest BCUT2D eigenvalue weighted by Gasteiger charge is -2.10. The Kier molecular flexibility index (Phi) is 4.60. The van der Waals surface area contributed by atoms with Gasteiger partial charge in [0.05, 0.1) is 11.7 Å². The smallest absolute Gasteiger partial charge is 0.131 e. The highest BCUT2D eigenvalue weighted by Gasteiger charge is 2.14. The van der Waals surface area contributed by atoms with Gasteiger partial charge in [0, 0.05) is 30.2 Å². The van der Waals surface area contributed by atoms with Gasteiger partial charge >= 0.3 is 0 Å². The number of aryl methyl sites for hydroxylation is 3. The van der Waals surface area contributed by atoms with Crippen LogP contribution in [0, 0.1) is 6.92 Å². The van der Waals surface area contributed by atoms with Crippen molar-refractivity contribution in [2.45, 2.75) is 39.8 Å². The van der Waals surface area contributed by atoms with E-state index in [2.05, 4.69) is 29.2 Å². The third-order valence-corrected chi connectivity index (χ3v) is 4.94. The quantitative estimate of drug-likeness (QED) is 0.921. The highest BCUT2D eigenvalue weighted by atomic mass is 35.5. The maximum absolute atomic E-state index is 6.22. The maximum Gasteiger partial charge on any atom is 0.131 e. The fraction of sp³-hybridized carbons (Fsp3) is 0.538. The first-order valence-corrected chi connectivity index (χ1v) is 7.58. The molecular weight excluding hydrogens is 280 g/mol. The lowest BCUT2D eigenvalue weighted by Crippen LogP contribution is -2.18. The number of aromatic nitrogens is 3. The summed E-state index contributed by atoms with van der Waals surface area (Å²) in [5.74, 6) is 0. The molecule has 0 radical (unpaired) electrons. The zero-order valence-corrected chi connectivity index (χ0v) is 13.3. The first-order valence-electron chi connectivity index (χ1n) is 6.38. The molecule has 0 aliphatic heterocycles. The SMILES string of the molecule is CCc1cnc(C(C)NCc2c(C)nn(C)c2Cl)s1. The molecule has 1 N–H and O–H groups in total. The van der Waals surface area contributed by atoms with Crippen LogP contribution in [0.25, 0.3) is 0 Å². The van der Waals surface area contributed by atoms with Crippen LogP contribution < -0.4 is 5.32 Å². The van der Waals surface area contributed by atoms with Gasteiger partial charge in [0.1, 0.15) is 10.2 Å². The van der Waals surface area contributed by atoms with Crippen LogP contribution >= 0.6 is 22.9 Å². The van der Waals surface area contributed by atoms with Gasteiger partial charge in [-0.2, -0.15) is 5.10 Å². The van der Waals surface area contributed by atoms with Crippen molar-refractivity contribution in [1.29, 1.82) is 0 Å². The summed E-state index contributed by atoms with van der Waals surface area (Å²) in [6.45, 7) is 6.96. The van der Waals surface area contributed by atoms with Crippen molar-refractivity contribution in [3.63, 3.8) is 0 Å². The second kappa shape index (κ2) is 6.03. The number of thiazole rings is 1. The van der Waals surface area contributed by atoms with E-state index in [1.54, 1.807) is 16.0 Å². The van der Waals surface area contributed by atoms with Gasteiger partial charge in [-0.05, 0) is 20.3 Å². The topological polar surface area (TPSA) is 42.7 Å². The second-order valence-corrected chi connectivity index (χ2v) is 6.10. The molecule has 104 valence electrons. The Bertz CT molecular complexity index is 561. The number of hydrogen-bond acceptors (Lipinski definition) is 4. The highest BCUT2D eigenvalue weighted by molar-refractivity contribution is 7.11. The Morgan fingerprint density at radius 1 is 1.53 bits per heavy atom. The molecule has 2 rings (SSSR count). The summed E-state index contributed by atoms with van der Waals surface area (Å²) in [7, 11) is 1.86. The van der Waals surface area contributed by atoms with Gasteiger partial charge in [-0.1, -0.05) is 18.5 Å². The van der Waals surface area contributed by atoms with Gasteiger partial charge in [-0.3, -0.25) is 4.68 Å². The Morgan fingerprint density at radius 3 is 2.79 bits per heavy atom. The lowest BCUT2D eigenvalue weighted by molar-refractivity contribution is 0.570. The van der Waals surface area contributed by atoms with E-state index in [1.807, 2.05) is 20.2 Å². The molecule has 0 amide bonds. The van der Waals surface area contributed by atoms with E-state index in [-0.39, 0.29) is 6.04 Å². The summed E-state index contributed by atoms with van der Waals surface area (Å²) in [6.07, 6.45) is 3.00. The monoisotopic (exact) mass is 298 g/mol. The Balaban J connectivity index is 2.02. The van der Waals surface area contributed by atoms with Crippen LogP contribution in [0.3, 0.4) is 0 Å². The average molecular weight is 299 g/mol. The van der Waals surface area contributed by atoms with Crippen LogP contribution in [-0.4, -0.2) is 14.8 Å². The predicted octanol–water partition coefficient (Wildman–Crippen LogP) is 3.25. The number of nitrogens with one attached hydrogen (secondary N) is 1. The van der Waals surface area contributed by atoms with Crippen molar-refractivity contribution in [2.24, 2.45) is 7.05 Å². The summed E-state index contributed by atoms with van der Waals surface area (Å²) in [5.41, 5.74) is 2.03. The molecule has 0 aliphatic carbocycles. The average Bonchev–Trinajstić information content (AvgIpc) is 2.94. The predicted molar refractivity (Wildman–Crippen MR) is 79.7 cm³/mol. The molecule has 0 spiro atoms. The molecule has 0 saturated heterocycles. The molecular formula is C13H19ClN4S. The van der Waals surface area contributed by atoms with Crippen molar-refractivity contribution < 1.29 is 0 Å². The molecule has 0 bridgehead atoms. The van der Waals surface area contributed by atoms with Crippen LogP contribution in [0.1, 0.15) is 41.0 Å². The number of halogens is 1. The Labute approximate surface area is 122 Å². The molecule has 0 aromatic carbocycles. The summed E-state index contributed by atoms with van der Waals surface area (Å²) >= 11 is 7.98. The molecule has 6 heteroatoms. The van der Waals surface area contributed by atoms with Gasteiger partial charge in [-0.25, -0.2) is 4.98 Å². The number of nitrogens with zero attached hydrogens (tertiary/aromatic N) is 3. The summed E-state index contributed by atoms with van der Waals surface area (Å²) in [6, 6.07) is 0.223. The molecule has 0 saturated carbocycles. The van der Waals surface area contributed by atoms with Gasteiger partial charge in [0.15, 0.2) is 0 Å². The standard InChI is InChI=1S/C13H19ClN4S/c1-5-10-6-16-13(19-10)9(3)15-7-11-8(2)17-18(4)12(11)14/h6,9,15H,5,7H2,1-4H3. The Hall–Kier alpha value is -0.910. The van der Waals surface area contributed by atoms with Gasteiger partial charge in [-0.15, -0.1) is 11.3 Å². The van der Waals surface area contributed by atoms with E-state index in [4.69, 9.17) is 11.6 Å². The Morgan fingerprint density at radius 2 is 2.26 bits per heavy atom. The minimum atomic E-state index is 0.223. The first-order chi connectivity index (χ1) is 9.02. The van der Waals surface area contributed by atoms with E-state index in [0.717, 1.165) is 22.7 Å². The molecule has 1 unspecified atom stereocenters. The first kappa shape index (κ1) is 14.5. The summed E-state index contributed by atoms with van der Waals surface area (Å²) in [4.78, 5) is 5.77. The van der Waals surface area contributed by atoms with Crippen molar-refractivity contribution in [3.05, 3.63) is 32.5 Å². The summed E-state index contributed by atoms with van der Waals surface area (Å²) in [5, 5.41) is 9.59. The van der Waals surface area contributed by atoms with E-state index in [9.17, 15) is 0 Å². The van der Waals surface area contributed by atoms with Crippen molar-refractivity contribution >= 4 is 22.9 Å².